The molecule has 1 aromatic carbocycles. The minimum Gasteiger partial charge on any atom is -0.380 e. The SMILES string of the molecule is NC(=O)c1cc(S(=O)(=O)c2ccccc2C(F)(F)F)sc1NC(=O)C1(O)CC1. The highest BCUT2D eigenvalue weighted by Gasteiger charge is 2.48. The van der Waals surface area contributed by atoms with E-state index in [0.29, 0.717) is 17.4 Å². The van der Waals surface area contributed by atoms with Crippen LogP contribution >= 0.6 is 11.3 Å². The van der Waals surface area contributed by atoms with E-state index < -0.39 is 48.1 Å². The number of hydrogen-bond donors (Lipinski definition) is 3. The third-order valence-corrected chi connectivity index (χ3v) is 7.43. The number of benzene rings is 1. The summed E-state index contributed by atoms with van der Waals surface area (Å²) in [6, 6.07) is 4.42. The van der Waals surface area contributed by atoms with E-state index in [0.717, 1.165) is 24.3 Å². The average molecular weight is 434 g/mol. The maximum Gasteiger partial charge on any atom is 0.417 e. The number of thiophene rings is 1. The van der Waals surface area contributed by atoms with Crippen molar-refractivity contribution in [3.63, 3.8) is 0 Å². The van der Waals surface area contributed by atoms with E-state index in [9.17, 15) is 36.3 Å². The Kier molecular flexibility index (Phi) is 4.76. The number of anilines is 1. The second kappa shape index (κ2) is 6.57. The van der Waals surface area contributed by atoms with Crippen LogP contribution in [-0.2, 0) is 20.8 Å². The van der Waals surface area contributed by atoms with Gasteiger partial charge in [-0.15, -0.1) is 11.3 Å². The van der Waals surface area contributed by atoms with Gasteiger partial charge in [0, 0.05) is 0 Å². The summed E-state index contributed by atoms with van der Waals surface area (Å²) in [6.07, 6.45) is -4.53. The highest BCUT2D eigenvalue weighted by Crippen LogP contribution is 2.41. The number of rotatable bonds is 5. The molecule has 1 saturated carbocycles. The van der Waals surface area contributed by atoms with Gasteiger partial charge in [-0.2, -0.15) is 13.2 Å². The standard InChI is InChI=1S/C16H13F3N2O5S2/c17-16(18,19)9-3-1-2-4-10(9)28(25,26)11-7-8(12(20)22)13(27-11)21-14(23)15(24)5-6-15/h1-4,7,24H,5-6H2,(H2,20,22)(H,21,23). The zero-order chi connectivity index (χ0) is 20.9. The number of alkyl halides is 3. The first kappa shape index (κ1) is 20.3. The maximum atomic E-state index is 13.2. The van der Waals surface area contributed by atoms with E-state index in [1.807, 2.05) is 0 Å². The van der Waals surface area contributed by atoms with Crippen molar-refractivity contribution < 1.29 is 36.3 Å². The first-order chi connectivity index (χ1) is 12.9. The fraction of sp³-hybridized carbons (Fsp3) is 0.250. The van der Waals surface area contributed by atoms with Crippen molar-refractivity contribution in [1.29, 1.82) is 0 Å². The van der Waals surface area contributed by atoms with Crippen molar-refractivity contribution >= 4 is 38.0 Å². The van der Waals surface area contributed by atoms with Crippen LogP contribution in [0.3, 0.4) is 0 Å². The predicted molar refractivity (Wildman–Crippen MR) is 92.5 cm³/mol. The first-order valence-electron chi connectivity index (χ1n) is 7.75. The van der Waals surface area contributed by atoms with Crippen LogP contribution in [0.1, 0.15) is 28.8 Å². The summed E-state index contributed by atoms with van der Waals surface area (Å²) in [5.41, 5.74) is 1.84. The summed E-state index contributed by atoms with van der Waals surface area (Å²) < 4.78 is 64.6. The number of sulfone groups is 1. The van der Waals surface area contributed by atoms with Crippen LogP contribution in [0.25, 0.3) is 0 Å². The van der Waals surface area contributed by atoms with Crippen molar-refractivity contribution in [3.8, 4) is 0 Å². The number of nitrogens with two attached hydrogens (primary N) is 1. The highest BCUT2D eigenvalue weighted by molar-refractivity contribution is 7.93. The van der Waals surface area contributed by atoms with Gasteiger partial charge in [0.2, 0.25) is 9.84 Å². The third-order valence-electron chi connectivity index (χ3n) is 4.10. The van der Waals surface area contributed by atoms with E-state index >= 15 is 0 Å². The molecule has 4 N–H and O–H groups in total. The summed E-state index contributed by atoms with van der Waals surface area (Å²) in [6.45, 7) is 0. The molecule has 1 aliphatic rings. The molecule has 0 unspecified atom stereocenters. The lowest BCUT2D eigenvalue weighted by atomic mass is 10.2. The molecule has 2 amide bonds. The maximum absolute atomic E-state index is 13.2. The molecule has 3 rings (SSSR count). The summed E-state index contributed by atoms with van der Waals surface area (Å²) in [4.78, 5) is 22.6. The van der Waals surface area contributed by atoms with Gasteiger partial charge in [0.05, 0.1) is 16.0 Å². The van der Waals surface area contributed by atoms with Crippen LogP contribution in [0.5, 0.6) is 0 Å². The largest absolute Gasteiger partial charge is 0.417 e. The van der Waals surface area contributed by atoms with Gasteiger partial charge < -0.3 is 16.2 Å². The molecule has 1 aromatic heterocycles. The quantitative estimate of drug-likeness (QED) is 0.665. The number of amides is 2. The number of hydrogen-bond acceptors (Lipinski definition) is 6. The number of nitrogens with one attached hydrogen (secondary N) is 1. The molecular weight excluding hydrogens is 421 g/mol. The molecule has 0 spiro atoms. The molecule has 1 heterocycles. The van der Waals surface area contributed by atoms with E-state index in [1.54, 1.807) is 0 Å². The molecule has 7 nitrogen and oxygen atoms in total. The molecule has 28 heavy (non-hydrogen) atoms. The second-order valence-electron chi connectivity index (χ2n) is 6.16. The molecule has 0 atom stereocenters. The minimum absolute atomic E-state index is 0.195. The smallest absolute Gasteiger partial charge is 0.380 e. The molecular formula is C16H13F3N2O5S2. The Hall–Kier alpha value is -2.44. The topological polar surface area (TPSA) is 127 Å². The number of aliphatic hydroxyl groups is 1. The zero-order valence-corrected chi connectivity index (χ0v) is 15.5. The molecule has 0 aliphatic heterocycles. The van der Waals surface area contributed by atoms with Gasteiger partial charge in [0.1, 0.15) is 14.8 Å². The van der Waals surface area contributed by atoms with E-state index in [4.69, 9.17) is 5.73 Å². The Morgan fingerprint density at radius 1 is 1.21 bits per heavy atom. The first-order valence-corrected chi connectivity index (χ1v) is 10.0. The molecule has 1 fully saturated rings. The van der Waals surface area contributed by atoms with Crippen molar-refractivity contribution in [1.82, 2.24) is 0 Å². The fourth-order valence-electron chi connectivity index (χ4n) is 2.39. The summed E-state index contributed by atoms with van der Waals surface area (Å²) in [5.74, 6) is -1.93. The van der Waals surface area contributed by atoms with Crippen LogP contribution in [0.4, 0.5) is 18.2 Å². The lowest BCUT2D eigenvalue weighted by Gasteiger charge is -2.12. The van der Waals surface area contributed by atoms with Gasteiger partial charge >= 0.3 is 6.18 Å². The fourth-order valence-corrected chi connectivity index (χ4v) is 5.36. The van der Waals surface area contributed by atoms with Crippen molar-refractivity contribution in [2.24, 2.45) is 5.73 Å². The minimum atomic E-state index is -4.92. The molecule has 0 saturated heterocycles. The van der Waals surface area contributed by atoms with Crippen molar-refractivity contribution in [3.05, 3.63) is 41.5 Å². The zero-order valence-electron chi connectivity index (χ0n) is 13.9. The highest BCUT2D eigenvalue weighted by atomic mass is 32.2. The number of carbonyl (C=O) groups is 2. The third kappa shape index (κ3) is 3.62. The van der Waals surface area contributed by atoms with Crippen LogP contribution in [0.2, 0.25) is 0 Å². The molecule has 0 bridgehead atoms. The number of carbonyl (C=O) groups excluding carboxylic acids is 2. The van der Waals surface area contributed by atoms with E-state index in [1.165, 1.54) is 0 Å². The van der Waals surface area contributed by atoms with Gasteiger partial charge in [-0.05, 0) is 31.0 Å². The lowest BCUT2D eigenvalue weighted by Crippen LogP contribution is -2.29. The van der Waals surface area contributed by atoms with Crippen LogP contribution in [-0.4, -0.2) is 30.9 Å². The Balaban J connectivity index is 2.08. The van der Waals surface area contributed by atoms with Gasteiger partial charge in [-0.1, -0.05) is 12.1 Å². The molecule has 2 aromatic rings. The Morgan fingerprint density at radius 2 is 1.82 bits per heavy atom. The average Bonchev–Trinajstić information content (AvgIpc) is 3.20. The predicted octanol–water partition coefficient (Wildman–Crippen LogP) is 2.16. The Morgan fingerprint density at radius 3 is 2.36 bits per heavy atom. The van der Waals surface area contributed by atoms with Crippen molar-refractivity contribution in [2.75, 3.05) is 5.32 Å². The van der Waals surface area contributed by atoms with Gasteiger partial charge in [-0.25, -0.2) is 8.42 Å². The normalized spacial score (nSPS) is 15.9. The Labute approximate surface area is 160 Å². The number of halogens is 3. The summed E-state index contributed by atoms with van der Waals surface area (Å²) >= 11 is 0.382. The monoisotopic (exact) mass is 434 g/mol. The van der Waals surface area contributed by atoms with Crippen LogP contribution in [0, 0.1) is 0 Å². The summed E-state index contributed by atoms with van der Waals surface area (Å²) in [5, 5.41) is 11.8. The van der Waals surface area contributed by atoms with E-state index in [2.05, 4.69) is 5.32 Å². The lowest BCUT2D eigenvalue weighted by molar-refractivity contribution is -0.139. The molecule has 12 heteroatoms. The van der Waals surface area contributed by atoms with Crippen LogP contribution in [0.15, 0.2) is 39.4 Å². The molecule has 1 aliphatic carbocycles. The van der Waals surface area contributed by atoms with Crippen molar-refractivity contribution in [2.45, 2.75) is 33.7 Å². The van der Waals surface area contributed by atoms with Gasteiger partial charge in [-0.3, -0.25) is 9.59 Å². The molecule has 150 valence electrons. The molecule has 0 radical (unpaired) electrons. The Bertz CT molecular complexity index is 1070. The second-order valence-corrected chi connectivity index (χ2v) is 9.35. The van der Waals surface area contributed by atoms with E-state index in [-0.39, 0.29) is 23.4 Å². The van der Waals surface area contributed by atoms with Gasteiger partial charge in [0.25, 0.3) is 11.8 Å². The number of primary amides is 1. The van der Waals surface area contributed by atoms with Gasteiger partial charge in [0.15, 0.2) is 0 Å². The summed E-state index contributed by atoms with van der Waals surface area (Å²) in [7, 11) is -4.67. The van der Waals surface area contributed by atoms with Crippen LogP contribution < -0.4 is 11.1 Å².